The fourth-order valence-electron chi connectivity index (χ4n) is 4.39. The minimum atomic E-state index is 1.08. The third-order valence-corrected chi connectivity index (χ3v) is 6.10. The highest BCUT2D eigenvalue weighted by atomic mass is 79.9. The van der Waals surface area contributed by atoms with E-state index in [9.17, 15) is 0 Å². The monoisotopic (exact) mass is 436 g/mol. The molecular formula is C26H17BrN2. The zero-order valence-corrected chi connectivity index (χ0v) is 17.2. The Bertz CT molecular complexity index is 1490. The molecule has 2 heterocycles. The quantitative estimate of drug-likeness (QED) is 0.266. The largest absolute Gasteiger partial charge is 0.295 e. The average Bonchev–Trinajstić information content (AvgIpc) is 3.28. The summed E-state index contributed by atoms with van der Waals surface area (Å²) >= 11 is 3.57. The Balaban J connectivity index is 1.89. The summed E-state index contributed by atoms with van der Waals surface area (Å²) in [6.45, 7) is 0. The molecule has 6 aromatic rings. The van der Waals surface area contributed by atoms with E-state index < -0.39 is 0 Å². The van der Waals surface area contributed by atoms with Gasteiger partial charge >= 0.3 is 0 Å². The summed E-state index contributed by atoms with van der Waals surface area (Å²) in [6, 6.07) is 36.5. The molecule has 2 nitrogen and oxygen atoms in total. The van der Waals surface area contributed by atoms with Crippen LogP contribution in [0.15, 0.2) is 108 Å². The Morgan fingerprint density at radius 3 is 1.55 bits per heavy atom. The van der Waals surface area contributed by atoms with Gasteiger partial charge in [-0.25, -0.2) is 0 Å². The van der Waals surface area contributed by atoms with Crippen LogP contribution >= 0.6 is 15.9 Å². The lowest BCUT2D eigenvalue weighted by Gasteiger charge is -2.13. The van der Waals surface area contributed by atoms with E-state index in [2.05, 4.69) is 128 Å². The van der Waals surface area contributed by atoms with Gasteiger partial charge in [0.15, 0.2) is 0 Å². The van der Waals surface area contributed by atoms with Crippen LogP contribution in [-0.4, -0.2) is 9.13 Å². The lowest BCUT2D eigenvalue weighted by atomic mass is 10.1. The molecule has 2 aromatic heterocycles. The van der Waals surface area contributed by atoms with Crippen LogP contribution in [0.3, 0.4) is 0 Å². The van der Waals surface area contributed by atoms with Crippen LogP contribution in [-0.2, 0) is 0 Å². The van der Waals surface area contributed by atoms with Crippen molar-refractivity contribution in [3.05, 3.63) is 108 Å². The van der Waals surface area contributed by atoms with Crippen molar-refractivity contribution in [3.8, 4) is 11.4 Å². The van der Waals surface area contributed by atoms with E-state index >= 15 is 0 Å². The molecule has 0 amide bonds. The minimum Gasteiger partial charge on any atom is -0.295 e. The van der Waals surface area contributed by atoms with Crippen molar-refractivity contribution in [2.45, 2.75) is 0 Å². The van der Waals surface area contributed by atoms with Crippen LogP contribution < -0.4 is 0 Å². The van der Waals surface area contributed by atoms with Gasteiger partial charge in [0.1, 0.15) is 5.65 Å². The number of aromatic nitrogens is 2. The van der Waals surface area contributed by atoms with Gasteiger partial charge in [0.25, 0.3) is 0 Å². The molecule has 0 aliphatic rings. The fourth-order valence-corrected chi connectivity index (χ4v) is 4.65. The standard InChI is InChI=1S/C26H17BrN2/c27-18-14-16-20(17-15-18)29-24-13-7-5-11-22(24)25-21-10-4-6-12-23(21)28(26(25)29)19-8-2-1-3-9-19/h1-17H. The summed E-state index contributed by atoms with van der Waals surface area (Å²) in [5.41, 5.74) is 5.95. The zero-order valence-electron chi connectivity index (χ0n) is 15.6. The van der Waals surface area contributed by atoms with E-state index in [1.807, 2.05) is 0 Å². The molecule has 0 atom stereocenters. The summed E-state index contributed by atoms with van der Waals surface area (Å²) in [5.74, 6) is 0. The Morgan fingerprint density at radius 2 is 0.966 bits per heavy atom. The first-order valence-corrected chi connectivity index (χ1v) is 10.5. The molecule has 0 aliphatic heterocycles. The third-order valence-electron chi connectivity index (χ3n) is 5.58. The summed E-state index contributed by atoms with van der Waals surface area (Å²) < 4.78 is 5.84. The molecule has 0 radical (unpaired) electrons. The maximum Gasteiger partial charge on any atom is 0.131 e. The molecule has 0 unspecified atom stereocenters. The third kappa shape index (κ3) is 2.41. The van der Waals surface area contributed by atoms with E-state index in [0.717, 1.165) is 10.2 Å². The van der Waals surface area contributed by atoms with Crippen molar-refractivity contribution in [3.63, 3.8) is 0 Å². The lowest BCUT2D eigenvalue weighted by molar-refractivity contribution is 1.07. The highest BCUT2D eigenvalue weighted by Crippen LogP contribution is 2.40. The molecule has 29 heavy (non-hydrogen) atoms. The van der Waals surface area contributed by atoms with Gasteiger partial charge < -0.3 is 0 Å². The van der Waals surface area contributed by atoms with Crippen LogP contribution in [0.1, 0.15) is 0 Å². The number of rotatable bonds is 2. The Morgan fingerprint density at radius 1 is 0.483 bits per heavy atom. The molecule has 0 N–H and O–H groups in total. The average molecular weight is 437 g/mol. The predicted molar refractivity (Wildman–Crippen MR) is 125 cm³/mol. The first-order valence-electron chi connectivity index (χ1n) is 9.67. The first-order chi connectivity index (χ1) is 14.3. The number of fused-ring (bicyclic) bond motifs is 5. The zero-order chi connectivity index (χ0) is 19.4. The Labute approximate surface area is 176 Å². The molecule has 6 rings (SSSR count). The maximum atomic E-state index is 3.57. The second-order valence-corrected chi connectivity index (χ2v) is 8.13. The van der Waals surface area contributed by atoms with E-state index in [1.54, 1.807) is 0 Å². The van der Waals surface area contributed by atoms with Crippen LogP contribution in [0.5, 0.6) is 0 Å². The highest BCUT2D eigenvalue weighted by molar-refractivity contribution is 9.10. The van der Waals surface area contributed by atoms with Gasteiger partial charge in [0.2, 0.25) is 0 Å². The van der Waals surface area contributed by atoms with Gasteiger partial charge in [-0.3, -0.25) is 9.13 Å². The molecule has 0 fully saturated rings. The van der Waals surface area contributed by atoms with E-state index in [0.29, 0.717) is 0 Å². The minimum absolute atomic E-state index is 1.08. The summed E-state index contributed by atoms with van der Waals surface area (Å²) in [5, 5.41) is 3.85. The number of hydrogen-bond acceptors (Lipinski definition) is 0. The van der Waals surface area contributed by atoms with Crippen molar-refractivity contribution in [2.75, 3.05) is 0 Å². The smallest absolute Gasteiger partial charge is 0.131 e. The second-order valence-electron chi connectivity index (χ2n) is 7.22. The summed E-state index contributed by atoms with van der Waals surface area (Å²) in [6.07, 6.45) is 0. The Hall–Kier alpha value is -3.30. The summed E-state index contributed by atoms with van der Waals surface area (Å²) in [7, 11) is 0. The van der Waals surface area contributed by atoms with Crippen molar-refractivity contribution in [1.29, 1.82) is 0 Å². The van der Waals surface area contributed by atoms with Gasteiger partial charge in [-0.1, -0.05) is 70.5 Å². The topological polar surface area (TPSA) is 9.86 Å². The van der Waals surface area contributed by atoms with Crippen molar-refractivity contribution >= 4 is 48.8 Å². The molecule has 0 saturated carbocycles. The molecule has 0 spiro atoms. The molecular weight excluding hydrogens is 420 g/mol. The van der Waals surface area contributed by atoms with E-state index in [1.165, 1.54) is 38.5 Å². The van der Waals surface area contributed by atoms with Crippen LogP contribution in [0.2, 0.25) is 0 Å². The van der Waals surface area contributed by atoms with Crippen LogP contribution in [0.4, 0.5) is 0 Å². The normalized spacial score (nSPS) is 11.6. The van der Waals surface area contributed by atoms with Gasteiger partial charge in [0.05, 0.1) is 11.0 Å². The molecule has 138 valence electrons. The number of benzene rings is 4. The highest BCUT2D eigenvalue weighted by Gasteiger charge is 2.21. The first kappa shape index (κ1) is 16.6. The van der Waals surface area contributed by atoms with Crippen molar-refractivity contribution in [2.24, 2.45) is 0 Å². The number of para-hydroxylation sites is 3. The number of halogens is 1. The lowest BCUT2D eigenvalue weighted by Crippen LogP contribution is -2.01. The molecule has 0 aliphatic carbocycles. The molecule has 4 aromatic carbocycles. The second kappa shape index (κ2) is 6.36. The van der Waals surface area contributed by atoms with E-state index in [-0.39, 0.29) is 0 Å². The predicted octanol–water partition coefficient (Wildman–Crippen LogP) is 7.49. The van der Waals surface area contributed by atoms with Gasteiger partial charge in [-0.2, -0.15) is 0 Å². The molecule has 0 saturated heterocycles. The number of hydrogen-bond donors (Lipinski definition) is 0. The van der Waals surface area contributed by atoms with Gasteiger partial charge in [-0.05, 0) is 48.5 Å². The Kier molecular flexibility index (Phi) is 3.65. The van der Waals surface area contributed by atoms with Crippen molar-refractivity contribution in [1.82, 2.24) is 9.13 Å². The van der Waals surface area contributed by atoms with Crippen molar-refractivity contribution < 1.29 is 0 Å². The SMILES string of the molecule is Brc1ccc(-n2c3ccccc3c3c4ccccc4n(-c4ccccc4)c32)cc1. The van der Waals surface area contributed by atoms with Gasteiger partial charge in [-0.15, -0.1) is 0 Å². The summed E-state index contributed by atoms with van der Waals surface area (Å²) in [4.78, 5) is 0. The van der Waals surface area contributed by atoms with Crippen LogP contribution in [0, 0.1) is 0 Å². The maximum absolute atomic E-state index is 3.57. The van der Waals surface area contributed by atoms with Crippen LogP contribution in [0.25, 0.3) is 44.2 Å². The molecule has 3 heteroatoms. The molecule has 0 bridgehead atoms. The fraction of sp³-hybridized carbons (Fsp3) is 0. The number of nitrogens with zero attached hydrogens (tertiary/aromatic N) is 2. The van der Waals surface area contributed by atoms with Gasteiger partial charge in [0, 0.05) is 32.0 Å². The van der Waals surface area contributed by atoms with E-state index in [4.69, 9.17) is 0 Å².